The Kier molecular flexibility index (Phi) is 17.1. The predicted octanol–water partition coefficient (Wildman–Crippen LogP) is 9.82. The Morgan fingerprint density at radius 2 is 1.09 bits per heavy atom. The molecule has 0 atom stereocenters. The van der Waals surface area contributed by atoms with Crippen molar-refractivity contribution in [3.8, 4) is 0 Å². The molecular weight excluding hydrogens is 918 g/mol. The molecule has 8 rings (SSSR count). The first-order chi connectivity index (χ1) is 30.1. The van der Waals surface area contributed by atoms with Crippen molar-refractivity contribution in [1.29, 1.82) is 0 Å². The van der Waals surface area contributed by atoms with Gasteiger partial charge in [0.2, 0.25) is 0 Å². The number of aromatic nitrogens is 6. The van der Waals surface area contributed by atoms with Crippen LogP contribution >= 0.6 is 58.8 Å². The highest BCUT2D eigenvalue weighted by molar-refractivity contribution is 6.33. The smallest absolute Gasteiger partial charge is 0.335 e. The summed E-state index contributed by atoms with van der Waals surface area (Å²) < 4.78 is 0. The Morgan fingerprint density at radius 1 is 0.625 bits per heavy atom. The number of benzene rings is 2. The summed E-state index contributed by atoms with van der Waals surface area (Å²) in [6.45, 7) is 4.42. The maximum atomic E-state index is 12.7. The lowest BCUT2D eigenvalue weighted by Gasteiger charge is -2.10. The second-order valence-electron chi connectivity index (χ2n) is 14.2. The number of aryl methyl sites for hydroxylation is 2. The van der Waals surface area contributed by atoms with Gasteiger partial charge in [0, 0.05) is 89.8 Å². The van der Waals surface area contributed by atoms with E-state index in [1.165, 1.54) is 12.3 Å². The number of carbonyl (C=O) groups is 2. The molecule has 1 amide bonds. The number of pyridine rings is 6. The summed E-state index contributed by atoms with van der Waals surface area (Å²) in [7, 11) is 0. The molecule has 0 aliphatic heterocycles. The van der Waals surface area contributed by atoms with Gasteiger partial charge in [-0.25, -0.2) is 14.8 Å². The minimum atomic E-state index is -0.951. The first-order valence-corrected chi connectivity index (χ1v) is 20.7. The molecule has 13 nitrogen and oxygen atoms in total. The number of amides is 1. The van der Waals surface area contributed by atoms with Crippen LogP contribution < -0.4 is 22.5 Å². The summed E-state index contributed by atoms with van der Waals surface area (Å²) in [5.41, 5.74) is 26.0. The van der Waals surface area contributed by atoms with E-state index in [1.807, 2.05) is 62.4 Å². The van der Waals surface area contributed by atoms with E-state index < -0.39 is 5.97 Å². The van der Waals surface area contributed by atoms with E-state index in [9.17, 15) is 9.59 Å². The number of carboxylic acid groups (broad SMARTS) is 1. The van der Waals surface area contributed by atoms with E-state index in [4.69, 9.17) is 68.7 Å². The zero-order chi connectivity index (χ0) is 45.2. The first-order valence-electron chi connectivity index (χ1n) is 19.2. The minimum Gasteiger partial charge on any atom is -0.478 e. The quantitative estimate of drug-likeness (QED) is 0.0912. The fraction of sp³-hybridized carbons (Fsp3) is 0.130. The number of halogens is 5. The van der Waals surface area contributed by atoms with Gasteiger partial charge in [-0.3, -0.25) is 24.7 Å². The summed E-state index contributed by atoms with van der Waals surface area (Å²) in [4.78, 5) is 49.0. The molecule has 6 aromatic heterocycles. The number of nitrogens with one attached hydrogen (secondary N) is 1. The van der Waals surface area contributed by atoms with Gasteiger partial charge in [-0.2, -0.15) is 0 Å². The number of nitrogen functional groups attached to an aromatic ring is 2. The molecule has 328 valence electrons. The zero-order valence-electron chi connectivity index (χ0n) is 34.3. The monoisotopic (exact) mass is 956 g/mol. The highest BCUT2D eigenvalue weighted by Crippen LogP contribution is 2.23. The average molecular weight is 959 g/mol. The molecule has 0 radical (unpaired) electrons. The Labute approximate surface area is 394 Å². The molecule has 2 aromatic carbocycles. The van der Waals surface area contributed by atoms with Crippen LogP contribution in [0, 0.1) is 13.8 Å². The number of rotatable bonds is 9. The number of nitrogens with zero attached hydrogens (tertiary/aromatic N) is 6. The van der Waals surface area contributed by atoms with Gasteiger partial charge in [-0.05, 0) is 109 Å². The maximum Gasteiger partial charge on any atom is 0.335 e. The molecule has 0 aliphatic carbocycles. The second kappa shape index (κ2) is 22.4. The number of fused-ring (bicyclic) bond motifs is 2. The fourth-order valence-electron chi connectivity index (χ4n) is 6.31. The third kappa shape index (κ3) is 13.2. The van der Waals surface area contributed by atoms with E-state index in [1.54, 1.807) is 48.9 Å². The Hall–Kier alpha value is -6.19. The van der Waals surface area contributed by atoms with Crippen LogP contribution in [-0.2, 0) is 25.9 Å². The van der Waals surface area contributed by atoms with Crippen LogP contribution in [-0.4, -0.2) is 46.9 Å². The highest BCUT2D eigenvalue weighted by atomic mass is 35.5. The van der Waals surface area contributed by atoms with Crippen LogP contribution in [0.3, 0.4) is 0 Å². The molecule has 0 fully saturated rings. The van der Waals surface area contributed by atoms with Crippen LogP contribution in [0.5, 0.6) is 0 Å². The van der Waals surface area contributed by atoms with E-state index in [2.05, 4.69) is 35.2 Å². The van der Waals surface area contributed by atoms with E-state index >= 15 is 0 Å². The molecule has 64 heavy (non-hydrogen) atoms. The van der Waals surface area contributed by atoms with Gasteiger partial charge < -0.3 is 27.6 Å². The van der Waals surface area contributed by atoms with Crippen LogP contribution in [0.15, 0.2) is 110 Å². The Morgan fingerprint density at radius 3 is 1.59 bits per heavy atom. The summed E-state index contributed by atoms with van der Waals surface area (Å²) in [6, 6.07) is 25.6. The van der Waals surface area contributed by atoms with Crippen LogP contribution in [0.25, 0.3) is 21.8 Å². The molecule has 8 N–H and O–H groups in total. The van der Waals surface area contributed by atoms with Crippen LogP contribution in [0.2, 0.25) is 20.1 Å². The zero-order valence-corrected chi connectivity index (χ0v) is 38.2. The van der Waals surface area contributed by atoms with Crippen LogP contribution in [0.1, 0.15) is 65.7 Å². The van der Waals surface area contributed by atoms with Crippen molar-refractivity contribution in [2.75, 3.05) is 11.5 Å². The summed E-state index contributed by atoms with van der Waals surface area (Å²) in [5.74, 6) is -0.514. The van der Waals surface area contributed by atoms with Crippen molar-refractivity contribution in [3.63, 3.8) is 0 Å². The summed E-state index contributed by atoms with van der Waals surface area (Å²) >= 11 is 23.8. The van der Waals surface area contributed by atoms with Gasteiger partial charge in [0.25, 0.3) is 5.91 Å². The topological polar surface area (TPSA) is 222 Å². The normalized spacial score (nSPS) is 10.5. The molecule has 0 unspecified atom stereocenters. The highest BCUT2D eigenvalue weighted by Gasteiger charge is 2.12. The lowest BCUT2D eigenvalue weighted by atomic mass is 10.0. The lowest BCUT2D eigenvalue weighted by molar-refractivity contribution is 0.0696. The molecule has 6 heterocycles. The van der Waals surface area contributed by atoms with E-state index in [0.29, 0.717) is 63.1 Å². The van der Waals surface area contributed by atoms with E-state index in [-0.39, 0.29) is 29.7 Å². The van der Waals surface area contributed by atoms with Gasteiger partial charge in [0.15, 0.2) is 0 Å². The molecular formula is C46H41Cl5N10O3. The largest absolute Gasteiger partial charge is 0.478 e. The standard InChI is InChI=1S/C23H19Cl2N5O.C16H11ClN2O2.C7H10ClN3.ClH/c1-13-17(10-20(25)22(26)30-13)11-29-23(31)15-4-5-27-19(9-15)7-14-2-3-21-16(6-14)8-18(24)12-28-21;17-13-7-12-5-10(1-2-15(12)19-9-13)6-14-8-11(16(20)21)3-4-18-14;1-4-5(3-9)2-6(8)7(10)11-4;/h2-6,8-10,12H,7,11H2,1H3,(H2,26,30)(H,29,31);1-5,7-9H,6H2,(H,20,21);2H,3,9H2,1H3,(H2,10,11);1H. The van der Waals surface area contributed by atoms with Gasteiger partial charge in [0.1, 0.15) is 11.6 Å². The van der Waals surface area contributed by atoms with Crippen molar-refractivity contribution in [2.45, 2.75) is 39.8 Å². The molecule has 0 saturated heterocycles. The minimum absolute atomic E-state index is 0. The van der Waals surface area contributed by atoms with Gasteiger partial charge >= 0.3 is 5.97 Å². The molecule has 0 bridgehead atoms. The first kappa shape index (κ1) is 48.8. The van der Waals surface area contributed by atoms with Gasteiger partial charge in [-0.1, -0.05) is 58.5 Å². The number of carboxylic acids is 1. The summed E-state index contributed by atoms with van der Waals surface area (Å²) in [6.07, 6.45) is 7.53. The number of anilines is 2. The van der Waals surface area contributed by atoms with Crippen molar-refractivity contribution in [3.05, 3.63) is 186 Å². The van der Waals surface area contributed by atoms with Crippen molar-refractivity contribution >= 4 is 104 Å². The van der Waals surface area contributed by atoms with Gasteiger partial charge in [-0.15, -0.1) is 12.4 Å². The van der Waals surface area contributed by atoms with Crippen molar-refractivity contribution in [2.24, 2.45) is 5.73 Å². The third-order valence-electron chi connectivity index (χ3n) is 9.59. The molecule has 0 spiro atoms. The maximum absolute atomic E-state index is 12.7. The number of hydrogen-bond donors (Lipinski definition) is 5. The van der Waals surface area contributed by atoms with Crippen molar-refractivity contribution in [1.82, 2.24) is 35.2 Å². The molecule has 0 aliphatic rings. The SMILES string of the molecule is Cc1nc(N)c(Cl)cc1CN.Cc1nc(N)c(Cl)cc1CNC(=O)c1ccnc(Cc2ccc3ncc(Cl)cc3c2)c1.Cl.O=C(O)c1ccnc(Cc2ccc3ncc(Cl)cc3c2)c1. The van der Waals surface area contributed by atoms with Crippen LogP contribution in [0.4, 0.5) is 11.6 Å². The molecule has 18 heteroatoms. The molecule has 8 aromatic rings. The Bertz CT molecular complexity index is 2980. The second-order valence-corrected chi connectivity index (χ2v) is 15.9. The number of nitrogens with two attached hydrogens (primary N) is 3. The average Bonchev–Trinajstić information content (AvgIpc) is 3.26. The van der Waals surface area contributed by atoms with E-state index in [0.717, 1.165) is 61.1 Å². The number of aromatic carboxylic acids is 1. The Balaban J connectivity index is 0.000000201. The third-order valence-corrected chi connectivity index (χ3v) is 10.6. The predicted molar refractivity (Wildman–Crippen MR) is 258 cm³/mol. The van der Waals surface area contributed by atoms with Gasteiger partial charge in [0.05, 0.1) is 36.7 Å². The molecule has 0 saturated carbocycles. The number of hydrogen-bond acceptors (Lipinski definition) is 11. The number of carbonyl (C=O) groups excluding carboxylic acids is 1. The summed E-state index contributed by atoms with van der Waals surface area (Å²) in [5, 5.41) is 15.8. The van der Waals surface area contributed by atoms with Crippen molar-refractivity contribution < 1.29 is 14.7 Å². The lowest BCUT2D eigenvalue weighted by Crippen LogP contribution is -2.23. The fourth-order valence-corrected chi connectivity index (χ4v) is 6.99.